The van der Waals surface area contributed by atoms with Crippen LogP contribution in [0.3, 0.4) is 0 Å². The van der Waals surface area contributed by atoms with Gasteiger partial charge < -0.3 is 29.2 Å². The van der Waals surface area contributed by atoms with Crippen LogP contribution in [0.25, 0.3) is 0 Å². The number of piperazine rings is 1. The standard InChI is InChI=1S/C24H29N3O6S2/c1-4-30-22(28)19-15(3)20(23(29)31-5-2)35-21(19)25-24(34)27-10-8-26(9-11-27)13-16-6-7-17-18(12-16)33-14-32-17/h6-7,12H,4-5,8-11,13-14H2,1-3H3,(H,25,34). The zero-order valence-corrected chi connectivity index (χ0v) is 21.7. The molecule has 0 atom stereocenters. The first kappa shape index (κ1) is 25.2. The summed E-state index contributed by atoms with van der Waals surface area (Å²) >= 11 is 6.82. The van der Waals surface area contributed by atoms with Crippen LogP contribution in [0.4, 0.5) is 5.00 Å². The van der Waals surface area contributed by atoms with Crippen LogP contribution in [-0.2, 0) is 16.0 Å². The second kappa shape index (κ2) is 11.2. The minimum absolute atomic E-state index is 0.234. The van der Waals surface area contributed by atoms with Crippen molar-refractivity contribution in [2.24, 2.45) is 0 Å². The fourth-order valence-electron chi connectivity index (χ4n) is 4.02. The Bertz CT molecular complexity index is 1110. The number of carbonyl (C=O) groups excluding carboxylic acids is 2. The van der Waals surface area contributed by atoms with E-state index in [4.69, 9.17) is 31.2 Å². The van der Waals surface area contributed by atoms with Gasteiger partial charge in [-0.3, -0.25) is 4.90 Å². The highest BCUT2D eigenvalue weighted by Crippen LogP contribution is 2.35. The third-order valence-electron chi connectivity index (χ3n) is 5.81. The van der Waals surface area contributed by atoms with E-state index in [1.54, 1.807) is 20.8 Å². The lowest BCUT2D eigenvalue weighted by atomic mass is 10.1. The Morgan fingerprint density at radius 2 is 1.74 bits per heavy atom. The molecule has 1 saturated heterocycles. The van der Waals surface area contributed by atoms with E-state index in [2.05, 4.69) is 21.2 Å². The summed E-state index contributed by atoms with van der Waals surface area (Å²) in [7, 11) is 0. The first-order valence-electron chi connectivity index (χ1n) is 11.6. The lowest BCUT2D eigenvalue weighted by Gasteiger charge is -2.36. The molecule has 1 aromatic heterocycles. The van der Waals surface area contributed by atoms with Crippen LogP contribution in [0.5, 0.6) is 11.5 Å². The molecular formula is C24H29N3O6S2. The van der Waals surface area contributed by atoms with Crippen LogP contribution < -0.4 is 14.8 Å². The van der Waals surface area contributed by atoms with E-state index < -0.39 is 11.9 Å². The number of carbonyl (C=O) groups is 2. The molecule has 1 fully saturated rings. The number of ether oxygens (including phenoxy) is 4. The Labute approximate surface area is 213 Å². The maximum Gasteiger partial charge on any atom is 0.348 e. The van der Waals surface area contributed by atoms with Crippen LogP contribution >= 0.6 is 23.6 Å². The molecular weight excluding hydrogens is 490 g/mol. The molecule has 0 aliphatic carbocycles. The summed E-state index contributed by atoms with van der Waals surface area (Å²) in [5.41, 5.74) is 2.03. The van der Waals surface area contributed by atoms with Crippen molar-refractivity contribution in [1.29, 1.82) is 0 Å². The second-order valence-electron chi connectivity index (χ2n) is 8.08. The highest BCUT2D eigenvalue weighted by atomic mass is 32.1. The fourth-order valence-corrected chi connectivity index (χ4v) is 5.46. The lowest BCUT2D eigenvalue weighted by Crippen LogP contribution is -2.49. The van der Waals surface area contributed by atoms with Crippen molar-refractivity contribution in [3.05, 3.63) is 39.8 Å². The van der Waals surface area contributed by atoms with Crippen LogP contribution in [0.15, 0.2) is 18.2 Å². The molecule has 9 nitrogen and oxygen atoms in total. The molecule has 35 heavy (non-hydrogen) atoms. The molecule has 1 aromatic carbocycles. The lowest BCUT2D eigenvalue weighted by molar-refractivity contribution is 0.0527. The van der Waals surface area contributed by atoms with Gasteiger partial charge in [0.2, 0.25) is 6.79 Å². The van der Waals surface area contributed by atoms with E-state index in [0.29, 0.717) is 26.1 Å². The van der Waals surface area contributed by atoms with E-state index in [1.807, 2.05) is 12.1 Å². The maximum absolute atomic E-state index is 12.6. The second-order valence-corrected chi connectivity index (χ2v) is 9.49. The van der Waals surface area contributed by atoms with Crippen LogP contribution in [-0.4, -0.2) is 73.0 Å². The van der Waals surface area contributed by atoms with Crippen LogP contribution in [0.2, 0.25) is 0 Å². The topological polar surface area (TPSA) is 89.6 Å². The molecule has 0 unspecified atom stereocenters. The number of hydrogen-bond donors (Lipinski definition) is 1. The third-order valence-corrected chi connectivity index (χ3v) is 7.36. The van der Waals surface area contributed by atoms with Gasteiger partial charge >= 0.3 is 11.9 Å². The van der Waals surface area contributed by atoms with Gasteiger partial charge in [0.25, 0.3) is 0 Å². The predicted octanol–water partition coefficient (Wildman–Crippen LogP) is 3.65. The number of esters is 2. The van der Waals surface area contributed by atoms with E-state index in [-0.39, 0.29) is 20.0 Å². The van der Waals surface area contributed by atoms with Gasteiger partial charge in [-0.05, 0) is 56.2 Å². The average molecular weight is 520 g/mol. The number of benzene rings is 1. The van der Waals surface area contributed by atoms with E-state index in [9.17, 15) is 9.59 Å². The number of hydrogen-bond acceptors (Lipinski definition) is 9. The van der Waals surface area contributed by atoms with Crippen molar-refractivity contribution in [2.75, 3.05) is 51.5 Å². The first-order chi connectivity index (χ1) is 16.9. The van der Waals surface area contributed by atoms with Crippen molar-refractivity contribution in [1.82, 2.24) is 9.80 Å². The number of anilines is 1. The highest BCUT2D eigenvalue weighted by molar-refractivity contribution is 7.80. The largest absolute Gasteiger partial charge is 0.462 e. The molecule has 2 aromatic rings. The number of thiophene rings is 1. The Kier molecular flexibility index (Phi) is 8.09. The SMILES string of the molecule is CCOC(=O)c1sc(NC(=S)N2CCN(Cc3ccc4c(c3)OCO4)CC2)c(C(=O)OCC)c1C. The molecule has 0 amide bonds. The molecule has 1 N–H and O–H groups in total. The summed E-state index contributed by atoms with van der Waals surface area (Å²) in [6.07, 6.45) is 0. The number of nitrogens with zero attached hydrogens (tertiary/aromatic N) is 2. The van der Waals surface area contributed by atoms with E-state index in [0.717, 1.165) is 55.6 Å². The number of fused-ring (bicyclic) bond motifs is 1. The fraction of sp³-hybridized carbons (Fsp3) is 0.458. The number of rotatable bonds is 7. The third kappa shape index (κ3) is 5.68. The molecule has 0 bridgehead atoms. The van der Waals surface area contributed by atoms with Gasteiger partial charge in [-0.15, -0.1) is 11.3 Å². The normalized spacial score (nSPS) is 15.1. The summed E-state index contributed by atoms with van der Waals surface area (Å²) in [5, 5.41) is 4.20. The Balaban J connectivity index is 1.39. The van der Waals surface area contributed by atoms with Crippen LogP contribution in [0, 0.1) is 6.92 Å². The Morgan fingerprint density at radius 1 is 1.06 bits per heavy atom. The monoisotopic (exact) mass is 519 g/mol. The molecule has 0 radical (unpaired) electrons. The smallest absolute Gasteiger partial charge is 0.348 e. The van der Waals surface area contributed by atoms with Crippen molar-refractivity contribution in [3.8, 4) is 11.5 Å². The van der Waals surface area contributed by atoms with Gasteiger partial charge in [0, 0.05) is 32.7 Å². The quantitative estimate of drug-likeness (QED) is 0.432. The molecule has 0 saturated carbocycles. The molecule has 2 aliphatic rings. The minimum Gasteiger partial charge on any atom is -0.462 e. The minimum atomic E-state index is -0.490. The van der Waals surface area contributed by atoms with Crippen molar-refractivity contribution < 1.29 is 28.5 Å². The van der Waals surface area contributed by atoms with Gasteiger partial charge in [0.15, 0.2) is 16.6 Å². The summed E-state index contributed by atoms with van der Waals surface area (Å²) in [6.45, 7) is 9.91. The van der Waals surface area contributed by atoms with Crippen molar-refractivity contribution in [2.45, 2.75) is 27.3 Å². The van der Waals surface area contributed by atoms with Gasteiger partial charge in [-0.25, -0.2) is 9.59 Å². The molecule has 11 heteroatoms. The summed E-state index contributed by atoms with van der Waals surface area (Å²) in [5.74, 6) is 0.622. The summed E-state index contributed by atoms with van der Waals surface area (Å²) in [4.78, 5) is 29.8. The first-order valence-corrected chi connectivity index (χ1v) is 12.8. The van der Waals surface area contributed by atoms with Gasteiger partial charge in [-0.1, -0.05) is 6.07 Å². The molecule has 3 heterocycles. The van der Waals surface area contributed by atoms with Gasteiger partial charge in [0.05, 0.1) is 18.8 Å². The molecule has 188 valence electrons. The van der Waals surface area contributed by atoms with Gasteiger partial charge in [-0.2, -0.15) is 0 Å². The molecule has 0 spiro atoms. The van der Waals surface area contributed by atoms with Gasteiger partial charge in [0.1, 0.15) is 9.88 Å². The Hall–Kier alpha value is -2.89. The Morgan fingerprint density at radius 3 is 2.46 bits per heavy atom. The molecule has 4 rings (SSSR count). The number of nitrogens with one attached hydrogen (secondary N) is 1. The number of thiocarbonyl (C=S) groups is 1. The molecule has 2 aliphatic heterocycles. The average Bonchev–Trinajstić information content (AvgIpc) is 3.43. The van der Waals surface area contributed by atoms with Crippen molar-refractivity contribution in [3.63, 3.8) is 0 Å². The highest BCUT2D eigenvalue weighted by Gasteiger charge is 2.28. The predicted molar refractivity (Wildman–Crippen MR) is 137 cm³/mol. The maximum atomic E-state index is 12.6. The summed E-state index contributed by atoms with van der Waals surface area (Å²) in [6, 6.07) is 6.03. The van der Waals surface area contributed by atoms with Crippen molar-refractivity contribution >= 4 is 45.6 Å². The summed E-state index contributed by atoms with van der Waals surface area (Å²) < 4.78 is 21.2. The van der Waals surface area contributed by atoms with E-state index in [1.165, 1.54) is 5.56 Å². The van der Waals surface area contributed by atoms with Crippen LogP contribution in [0.1, 0.15) is 45.0 Å². The van der Waals surface area contributed by atoms with E-state index >= 15 is 0 Å². The zero-order valence-electron chi connectivity index (χ0n) is 20.0. The zero-order chi connectivity index (χ0) is 24.9.